The molecule has 0 aliphatic rings. The van der Waals surface area contributed by atoms with Crippen LogP contribution >= 0.6 is 12.2 Å². The standard InChI is InChI=1S/C23H21N3O3S/c1-3-17-9-5-6-10-19(17)24-23(30)21(25-13-7-4-8-14-25)22(27)18-12-11-16(2)20(15-18)26(28)29/h4-15H,3H2,1-2H3,(H-,24,27,30). The molecule has 3 rings (SSSR count). The molecule has 2 aromatic carbocycles. The van der Waals surface area contributed by atoms with Crippen molar-refractivity contribution in [3.8, 4) is 0 Å². The van der Waals surface area contributed by atoms with Crippen molar-refractivity contribution < 1.29 is 14.6 Å². The topological polar surface area (TPSA) is 82.1 Å². The molecule has 0 unspecified atom stereocenters. The van der Waals surface area contributed by atoms with Gasteiger partial charge in [0.1, 0.15) is 0 Å². The minimum atomic E-state index is -0.491. The molecule has 1 N–H and O–H groups in total. The van der Waals surface area contributed by atoms with Gasteiger partial charge in [0.25, 0.3) is 5.69 Å². The molecule has 0 saturated carbocycles. The molecule has 7 heteroatoms. The molecule has 0 aliphatic heterocycles. The van der Waals surface area contributed by atoms with Crippen molar-refractivity contribution in [2.45, 2.75) is 20.3 Å². The van der Waals surface area contributed by atoms with E-state index in [1.54, 1.807) is 48.1 Å². The minimum absolute atomic E-state index is 0.103. The van der Waals surface area contributed by atoms with Crippen LogP contribution in [-0.2, 0) is 6.42 Å². The van der Waals surface area contributed by atoms with Crippen LogP contribution in [0.4, 0.5) is 11.4 Å². The predicted octanol–water partition coefficient (Wildman–Crippen LogP) is 3.88. The summed E-state index contributed by atoms with van der Waals surface area (Å²) >= 11 is 5.61. The lowest BCUT2D eigenvalue weighted by Crippen LogP contribution is -2.39. The predicted molar refractivity (Wildman–Crippen MR) is 120 cm³/mol. The number of nitrogens with zero attached hydrogens (tertiary/aromatic N) is 2. The van der Waals surface area contributed by atoms with E-state index in [1.165, 1.54) is 6.07 Å². The van der Waals surface area contributed by atoms with Crippen LogP contribution in [0.3, 0.4) is 0 Å². The van der Waals surface area contributed by atoms with Crippen molar-refractivity contribution in [3.05, 3.63) is 99.9 Å². The van der Waals surface area contributed by atoms with Gasteiger partial charge in [-0.05, 0) is 36.3 Å². The van der Waals surface area contributed by atoms with Gasteiger partial charge in [-0.15, -0.1) is 0 Å². The molecular formula is C23H21N3O3S. The quantitative estimate of drug-likeness (QED) is 0.164. The third-order valence-electron chi connectivity index (χ3n) is 4.72. The number of hydrogen-bond donors (Lipinski definition) is 1. The largest absolute Gasteiger partial charge is 0.867 e. The van der Waals surface area contributed by atoms with Crippen LogP contribution < -0.4 is 15.0 Å². The molecule has 0 aliphatic carbocycles. The van der Waals surface area contributed by atoms with Crippen LogP contribution in [0.15, 0.2) is 73.1 Å². The normalized spacial score (nSPS) is 11.5. The molecule has 0 spiro atoms. The first-order chi connectivity index (χ1) is 14.4. The van der Waals surface area contributed by atoms with E-state index in [0.29, 0.717) is 5.56 Å². The van der Waals surface area contributed by atoms with Crippen molar-refractivity contribution in [1.82, 2.24) is 0 Å². The first-order valence-corrected chi connectivity index (χ1v) is 9.85. The Hall–Kier alpha value is -3.58. The van der Waals surface area contributed by atoms with Crippen molar-refractivity contribution in [3.63, 3.8) is 0 Å². The molecule has 0 fully saturated rings. The number of aromatic nitrogens is 1. The second-order valence-corrected chi connectivity index (χ2v) is 7.09. The molecule has 0 saturated heterocycles. The fraction of sp³-hybridized carbons (Fsp3) is 0.130. The highest BCUT2D eigenvalue weighted by atomic mass is 32.1. The first-order valence-electron chi connectivity index (χ1n) is 9.45. The third kappa shape index (κ3) is 4.52. The SMILES string of the molecule is CCc1ccccc1NC(=S)C(=C([O-])c1ccc(C)c([N+](=O)[O-])c1)[n+]1ccccc1. The van der Waals surface area contributed by atoms with Crippen LogP contribution in [0.5, 0.6) is 0 Å². The zero-order chi connectivity index (χ0) is 21.7. The van der Waals surface area contributed by atoms with Crippen LogP contribution in [0.2, 0.25) is 0 Å². The molecule has 1 heterocycles. The fourth-order valence-electron chi connectivity index (χ4n) is 3.10. The number of aryl methyl sites for hydroxylation is 2. The maximum absolute atomic E-state index is 13.4. The van der Waals surface area contributed by atoms with Gasteiger partial charge >= 0.3 is 0 Å². The summed E-state index contributed by atoms with van der Waals surface area (Å²) in [7, 11) is 0. The molecule has 0 atom stereocenters. The first kappa shape index (κ1) is 21.1. The highest BCUT2D eigenvalue weighted by Gasteiger charge is 2.21. The van der Waals surface area contributed by atoms with Crippen molar-refractivity contribution in [1.29, 1.82) is 0 Å². The molecule has 1 aromatic heterocycles. The Morgan fingerprint density at radius 1 is 1.10 bits per heavy atom. The number of hydrogen-bond acceptors (Lipinski definition) is 4. The molecule has 152 valence electrons. The van der Waals surface area contributed by atoms with Gasteiger partial charge in [-0.3, -0.25) is 10.1 Å². The average Bonchev–Trinajstić information content (AvgIpc) is 2.75. The van der Waals surface area contributed by atoms with Crippen molar-refractivity contribution in [2.24, 2.45) is 0 Å². The molecule has 3 aromatic rings. The van der Waals surface area contributed by atoms with E-state index in [4.69, 9.17) is 12.2 Å². The van der Waals surface area contributed by atoms with E-state index in [0.717, 1.165) is 17.7 Å². The lowest BCUT2D eigenvalue weighted by molar-refractivity contribution is -0.577. The summed E-state index contributed by atoms with van der Waals surface area (Å²) in [6.07, 6.45) is 4.24. The van der Waals surface area contributed by atoms with Crippen LogP contribution in [0, 0.1) is 17.0 Å². The number of nitro benzene ring substituents is 1. The Balaban J connectivity index is 2.12. The highest BCUT2D eigenvalue weighted by Crippen LogP contribution is 2.25. The summed E-state index contributed by atoms with van der Waals surface area (Å²) in [6, 6.07) is 17.6. The van der Waals surface area contributed by atoms with Gasteiger partial charge in [0.2, 0.25) is 5.70 Å². The van der Waals surface area contributed by atoms with Gasteiger partial charge < -0.3 is 10.4 Å². The van der Waals surface area contributed by atoms with E-state index in [-0.39, 0.29) is 21.9 Å². The fourth-order valence-corrected chi connectivity index (χ4v) is 3.41. The lowest BCUT2D eigenvalue weighted by atomic mass is 10.1. The van der Waals surface area contributed by atoms with E-state index in [9.17, 15) is 15.2 Å². The molecule has 0 bridgehead atoms. The van der Waals surface area contributed by atoms with E-state index < -0.39 is 10.7 Å². The monoisotopic (exact) mass is 419 g/mol. The summed E-state index contributed by atoms with van der Waals surface area (Å²) in [5, 5.41) is 27.9. The Morgan fingerprint density at radius 2 is 1.80 bits per heavy atom. The van der Waals surface area contributed by atoms with Gasteiger partial charge in [-0.2, -0.15) is 4.57 Å². The van der Waals surface area contributed by atoms with Crippen molar-refractivity contribution in [2.75, 3.05) is 5.32 Å². The number of para-hydroxylation sites is 1. The Morgan fingerprint density at radius 3 is 2.47 bits per heavy atom. The highest BCUT2D eigenvalue weighted by molar-refractivity contribution is 7.81. The lowest BCUT2D eigenvalue weighted by Gasteiger charge is -2.18. The number of pyridine rings is 1. The van der Waals surface area contributed by atoms with Gasteiger partial charge in [0.15, 0.2) is 17.4 Å². The maximum atomic E-state index is 13.4. The zero-order valence-electron chi connectivity index (χ0n) is 16.7. The van der Waals surface area contributed by atoms with Crippen molar-refractivity contribution >= 4 is 40.0 Å². The molecule has 30 heavy (non-hydrogen) atoms. The summed E-state index contributed by atoms with van der Waals surface area (Å²) in [5.41, 5.74) is 2.69. The van der Waals surface area contributed by atoms with Crippen LogP contribution in [0.1, 0.15) is 23.6 Å². The van der Waals surface area contributed by atoms with E-state index in [1.807, 2.05) is 37.3 Å². The summed E-state index contributed by atoms with van der Waals surface area (Å²) in [6.45, 7) is 3.67. The smallest absolute Gasteiger partial charge is 0.272 e. The third-order valence-corrected chi connectivity index (χ3v) is 5.01. The van der Waals surface area contributed by atoms with E-state index >= 15 is 0 Å². The van der Waals surface area contributed by atoms with E-state index in [2.05, 4.69) is 5.32 Å². The Labute approximate surface area is 180 Å². The van der Waals surface area contributed by atoms with Gasteiger partial charge in [-0.1, -0.05) is 55.5 Å². The Kier molecular flexibility index (Phi) is 6.54. The average molecular weight is 420 g/mol. The maximum Gasteiger partial charge on any atom is 0.272 e. The van der Waals surface area contributed by atoms with Gasteiger partial charge in [0, 0.05) is 29.4 Å². The summed E-state index contributed by atoms with van der Waals surface area (Å²) in [5.74, 6) is -0.402. The number of nitrogens with one attached hydrogen (secondary N) is 1. The molecule has 0 amide bonds. The molecular weight excluding hydrogens is 398 g/mol. The van der Waals surface area contributed by atoms with Crippen LogP contribution in [0.25, 0.3) is 11.5 Å². The molecule has 6 nitrogen and oxygen atoms in total. The second-order valence-electron chi connectivity index (χ2n) is 6.68. The number of anilines is 1. The summed E-state index contributed by atoms with van der Waals surface area (Å²) < 4.78 is 1.62. The second kappa shape index (κ2) is 9.28. The number of nitro groups is 1. The van der Waals surface area contributed by atoms with Gasteiger partial charge in [0.05, 0.1) is 4.92 Å². The minimum Gasteiger partial charge on any atom is -0.867 e. The Bertz CT molecular complexity index is 1130. The number of rotatable bonds is 6. The number of thiocarbonyl (C=S) groups is 1. The van der Waals surface area contributed by atoms with Crippen LogP contribution in [-0.4, -0.2) is 9.91 Å². The molecule has 0 radical (unpaired) electrons. The zero-order valence-corrected chi connectivity index (χ0v) is 17.5. The van der Waals surface area contributed by atoms with Gasteiger partial charge in [-0.25, -0.2) is 0 Å². The number of benzene rings is 2. The summed E-state index contributed by atoms with van der Waals surface area (Å²) in [4.78, 5) is 11.1.